The van der Waals surface area contributed by atoms with Gasteiger partial charge in [0.2, 0.25) is 0 Å². The van der Waals surface area contributed by atoms with E-state index >= 15 is 0 Å². The molecule has 3 N–H and O–H groups in total. The number of hydrogen-bond donors (Lipinski definition) is 2. The van der Waals surface area contributed by atoms with Gasteiger partial charge in [0, 0.05) is 6.61 Å². The molecule has 1 fully saturated rings. The van der Waals surface area contributed by atoms with Crippen molar-refractivity contribution in [2.75, 3.05) is 13.2 Å². The first-order chi connectivity index (χ1) is 8.26. The van der Waals surface area contributed by atoms with E-state index in [4.69, 9.17) is 10.8 Å². The Morgan fingerprint density at radius 3 is 1.94 bits per heavy atom. The van der Waals surface area contributed by atoms with Crippen molar-refractivity contribution in [3.05, 3.63) is 48.6 Å². The van der Waals surface area contributed by atoms with Crippen LogP contribution >= 0.6 is 0 Å². The van der Waals surface area contributed by atoms with E-state index in [9.17, 15) is 0 Å². The molecule has 1 aromatic rings. The van der Waals surface area contributed by atoms with E-state index in [2.05, 4.69) is 13.2 Å². The molecular formula is C15H21NO. The summed E-state index contributed by atoms with van der Waals surface area (Å²) in [5.74, 6) is 1.19. The molecule has 0 aromatic heterocycles. The SMILES string of the molecule is C=Cc1ccccc1C=C.NCC1CC1CO. The zero-order valence-corrected chi connectivity index (χ0v) is 10.2. The van der Waals surface area contributed by atoms with Crippen LogP contribution in [0.5, 0.6) is 0 Å². The Morgan fingerprint density at radius 2 is 1.71 bits per heavy atom. The predicted octanol–water partition coefficient (Wildman–Crippen LogP) is 2.55. The highest BCUT2D eigenvalue weighted by atomic mass is 16.3. The van der Waals surface area contributed by atoms with Crippen molar-refractivity contribution >= 4 is 12.2 Å². The van der Waals surface area contributed by atoms with E-state index in [0.717, 1.165) is 24.1 Å². The van der Waals surface area contributed by atoms with Gasteiger partial charge in [-0.25, -0.2) is 0 Å². The van der Waals surface area contributed by atoms with Crippen LogP contribution in [0, 0.1) is 11.8 Å². The highest BCUT2D eigenvalue weighted by molar-refractivity contribution is 5.63. The van der Waals surface area contributed by atoms with Gasteiger partial charge >= 0.3 is 0 Å². The van der Waals surface area contributed by atoms with Crippen LogP contribution in [-0.4, -0.2) is 18.3 Å². The molecule has 0 aliphatic heterocycles. The molecule has 0 spiro atoms. The third kappa shape index (κ3) is 4.17. The third-order valence-corrected chi connectivity index (χ3v) is 3.04. The highest BCUT2D eigenvalue weighted by Crippen LogP contribution is 2.36. The normalized spacial score (nSPS) is 21.1. The summed E-state index contributed by atoms with van der Waals surface area (Å²) in [4.78, 5) is 0. The lowest BCUT2D eigenvalue weighted by Crippen LogP contribution is -2.03. The first-order valence-electron chi connectivity index (χ1n) is 5.91. The second-order valence-electron chi connectivity index (χ2n) is 4.21. The minimum Gasteiger partial charge on any atom is -0.396 e. The Balaban J connectivity index is 0.000000181. The van der Waals surface area contributed by atoms with Gasteiger partial charge in [0.25, 0.3) is 0 Å². The fourth-order valence-corrected chi connectivity index (χ4v) is 1.71. The Kier molecular flexibility index (Phi) is 5.67. The van der Waals surface area contributed by atoms with Crippen LogP contribution in [0.2, 0.25) is 0 Å². The summed E-state index contributed by atoms with van der Waals surface area (Å²) in [5, 5.41) is 8.45. The van der Waals surface area contributed by atoms with Crippen LogP contribution in [0.1, 0.15) is 17.5 Å². The second-order valence-corrected chi connectivity index (χ2v) is 4.21. The fourth-order valence-electron chi connectivity index (χ4n) is 1.71. The molecule has 17 heavy (non-hydrogen) atoms. The van der Waals surface area contributed by atoms with Gasteiger partial charge in [-0.3, -0.25) is 0 Å². The first-order valence-corrected chi connectivity index (χ1v) is 5.91. The van der Waals surface area contributed by atoms with Gasteiger partial charge in [0.15, 0.2) is 0 Å². The Morgan fingerprint density at radius 1 is 1.18 bits per heavy atom. The molecule has 1 saturated carbocycles. The number of aliphatic hydroxyl groups excluding tert-OH is 1. The molecule has 0 amide bonds. The van der Waals surface area contributed by atoms with Gasteiger partial charge in [-0.05, 0) is 35.9 Å². The Labute approximate surface area is 103 Å². The largest absolute Gasteiger partial charge is 0.396 e. The Bertz CT molecular complexity index is 338. The van der Waals surface area contributed by atoms with Crippen molar-refractivity contribution < 1.29 is 5.11 Å². The molecule has 92 valence electrons. The first kappa shape index (κ1) is 13.7. The molecule has 1 aliphatic rings. The molecule has 0 bridgehead atoms. The molecule has 0 heterocycles. The van der Waals surface area contributed by atoms with Crippen LogP contribution in [0.15, 0.2) is 37.4 Å². The second kappa shape index (κ2) is 7.05. The average Bonchev–Trinajstić information content (AvgIpc) is 3.18. The van der Waals surface area contributed by atoms with Crippen molar-refractivity contribution in [2.24, 2.45) is 17.6 Å². The number of rotatable bonds is 4. The van der Waals surface area contributed by atoms with E-state index < -0.39 is 0 Å². The molecule has 2 nitrogen and oxygen atoms in total. The van der Waals surface area contributed by atoms with Crippen LogP contribution < -0.4 is 5.73 Å². The van der Waals surface area contributed by atoms with Crippen LogP contribution in [-0.2, 0) is 0 Å². The van der Waals surface area contributed by atoms with E-state index in [-0.39, 0.29) is 0 Å². The summed E-state index contributed by atoms with van der Waals surface area (Å²) >= 11 is 0. The van der Waals surface area contributed by atoms with Gasteiger partial charge in [0.1, 0.15) is 0 Å². The topological polar surface area (TPSA) is 46.2 Å². The van der Waals surface area contributed by atoms with Gasteiger partial charge < -0.3 is 10.8 Å². The maximum atomic E-state index is 8.45. The Hall–Kier alpha value is -1.38. The molecule has 2 heteroatoms. The monoisotopic (exact) mass is 231 g/mol. The van der Waals surface area contributed by atoms with Crippen LogP contribution in [0.3, 0.4) is 0 Å². The lowest BCUT2D eigenvalue weighted by Gasteiger charge is -1.96. The molecular weight excluding hydrogens is 210 g/mol. The summed E-state index contributed by atoms with van der Waals surface area (Å²) in [6.45, 7) is 8.47. The molecule has 2 atom stereocenters. The smallest absolute Gasteiger partial charge is 0.0462 e. The fraction of sp³-hybridized carbons (Fsp3) is 0.333. The van der Waals surface area contributed by atoms with Crippen molar-refractivity contribution in [2.45, 2.75) is 6.42 Å². The summed E-state index contributed by atoms with van der Waals surface area (Å²) in [5.41, 5.74) is 7.56. The van der Waals surface area contributed by atoms with Crippen LogP contribution in [0.4, 0.5) is 0 Å². The third-order valence-electron chi connectivity index (χ3n) is 3.04. The number of nitrogens with two attached hydrogens (primary N) is 1. The summed E-state index contributed by atoms with van der Waals surface area (Å²) < 4.78 is 0. The van der Waals surface area contributed by atoms with Gasteiger partial charge in [-0.2, -0.15) is 0 Å². The average molecular weight is 231 g/mol. The van der Waals surface area contributed by atoms with Crippen molar-refractivity contribution in [1.29, 1.82) is 0 Å². The lowest BCUT2D eigenvalue weighted by atomic mass is 10.1. The van der Waals surface area contributed by atoms with E-state index in [1.165, 1.54) is 0 Å². The molecule has 0 radical (unpaired) electrons. The predicted molar refractivity (Wildman–Crippen MR) is 74.4 cm³/mol. The maximum absolute atomic E-state index is 8.45. The zero-order chi connectivity index (χ0) is 12.7. The van der Waals surface area contributed by atoms with Crippen LogP contribution in [0.25, 0.3) is 12.2 Å². The summed E-state index contributed by atoms with van der Waals surface area (Å²) in [6.07, 6.45) is 4.81. The maximum Gasteiger partial charge on any atom is 0.0462 e. The van der Waals surface area contributed by atoms with E-state index in [1.54, 1.807) is 0 Å². The van der Waals surface area contributed by atoms with E-state index in [0.29, 0.717) is 18.4 Å². The molecule has 1 aromatic carbocycles. The van der Waals surface area contributed by atoms with Crippen molar-refractivity contribution in [3.8, 4) is 0 Å². The van der Waals surface area contributed by atoms with Gasteiger partial charge in [-0.15, -0.1) is 0 Å². The number of aliphatic hydroxyl groups is 1. The van der Waals surface area contributed by atoms with Gasteiger partial charge in [0.05, 0.1) is 0 Å². The minimum atomic E-state index is 0.335. The standard InChI is InChI=1S/C10H10.C5H11NO/c1-3-9-7-5-6-8-10(9)4-2;6-2-4-1-5(4)3-7/h3-8H,1-2H2;4-5,7H,1-3,6H2. The van der Waals surface area contributed by atoms with E-state index in [1.807, 2.05) is 36.4 Å². The number of hydrogen-bond acceptors (Lipinski definition) is 2. The molecule has 0 saturated heterocycles. The van der Waals surface area contributed by atoms with Crippen molar-refractivity contribution in [1.82, 2.24) is 0 Å². The molecule has 2 unspecified atom stereocenters. The molecule has 2 rings (SSSR count). The highest BCUT2D eigenvalue weighted by Gasteiger charge is 2.34. The lowest BCUT2D eigenvalue weighted by molar-refractivity contribution is 0.269. The van der Waals surface area contributed by atoms with Gasteiger partial charge in [-0.1, -0.05) is 49.6 Å². The number of benzene rings is 1. The van der Waals surface area contributed by atoms with Crippen molar-refractivity contribution in [3.63, 3.8) is 0 Å². The summed E-state index contributed by atoms with van der Waals surface area (Å²) in [6, 6.07) is 8.02. The zero-order valence-electron chi connectivity index (χ0n) is 10.2. The quantitative estimate of drug-likeness (QED) is 0.836. The summed E-state index contributed by atoms with van der Waals surface area (Å²) in [7, 11) is 0. The minimum absolute atomic E-state index is 0.335. The molecule has 1 aliphatic carbocycles.